The number of oxime groups is 1. The van der Waals surface area contributed by atoms with Crippen molar-refractivity contribution in [1.29, 1.82) is 0 Å². The molecule has 0 amide bonds. The Morgan fingerprint density at radius 3 is 3.07 bits per heavy atom. The third-order valence-corrected chi connectivity index (χ3v) is 2.15. The molecule has 5 heteroatoms. The normalized spacial score (nSPS) is 12.2. The van der Waals surface area contributed by atoms with Crippen molar-refractivity contribution >= 4 is 16.7 Å². The summed E-state index contributed by atoms with van der Waals surface area (Å²) >= 11 is 0. The van der Waals surface area contributed by atoms with Gasteiger partial charge in [0.05, 0.1) is 11.7 Å². The Bertz CT molecular complexity index is 500. The highest BCUT2D eigenvalue weighted by molar-refractivity contribution is 6.00. The Morgan fingerprint density at radius 1 is 1.57 bits per heavy atom. The quantitative estimate of drug-likeness (QED) is 0.300. The lowest BCUT2D eigenvalue weighted by Crippen LogP contribution is -2.12. The standard InChI is InChI=1S/C9H10N4O/c1-13-8-3-2-6(9(10)12-14)4-7(8)5-11-13/h2-5,14H,1H3,(H2,10,12). The van der Waals surface area contributed by atoms with E-state index in [0.29, 0.717) is 5.56 Å². The van der Waals surface area contributed by atoms with Gasteiger partial charge in [0, 0.05) is 18.0 Å². The molecule has 0 aliphatic rings. The maximum absolute atomic E-state index is 8.51. The summed E-state index contributed by atoms with van der Waals surface area (Å²) in [6, 6.07) is 5.51. The van der Waals surface area contributed by atoms with Gasteiger partial charge in [0.2, 0.25) is 0 Å². The summed E-state index contributed by atoms with van der Waals surface area (Å²) in [4.78, 5) is 0. The lowest BCUT2D eigenvalue weighted by atomic mass is 10.1. The maximum Gasteiger partial charge on any atom is 0.170 e. The third kappa shape index (κ3) is 1.19. The molecule has 0 atom stereocenters. The number of aryl methyl sites for hydroxylation is 1. The van der Waals surface area contributed by atoms with Gasteiger partial charge in [-0.1, -0.05) is 5.16 Å². The van der Waals surface area contributed by atoms with E-state index in [1.54, 1.807) is 16.9 Å². The Morgan fingerprint density at radius 2 is 2.36 bits per heavy atom. The van der Waals surface area contributed by atoms with Crippen LogP contribution in [0.5, 0.6) is 0 Å². The second-order valence-electron chi connectivity index (χ2n) is 3.03. The van der Waals surface area contributed by atoms with Crippen LogP contribution in [0.25, 0.3) is 10.9 Å². The van der Waals surface area contributed by atoms with Crippen molar-refractivity contribution in [2.24, 2.45) is 17.9 Å². The van der Waals surface area contributed by atoms with Crippen LogP contribution in [0.15, 0.2) is 29.6 Å². The number of rotatable bonds is 1. The lowest BCUT2D eigenvalue weighted by Gasteiger charge is -1.98. The van der Waals surface area contributed by atoms with E-state index in [1.165, 1.54) is 0 Å². The van der Waals surface area contributed by atoms with Gasteiger partial charge in [-0.2, -0.15) is 5.10 Å². The minimum Gasteiger partial charge on any atom is -0.409 e. The molecule has 1 heterocycles. The van der Waals surface area contributed by atoms with Crippen LogP contribution >= 0.6 is 0 Å². The van der Waals surface area contributed by atoms with Crippen LogP contribution in [0.4, 0.5) is 0 Å². The molecule has 1 aromatic carbocycles. The third-order valence-electron chi connectivity index (χ3n) is 2.15. The predicted molar refractivity (Wildman–Crippen MR) is 53.2 cm³/mol. The molecular weight excluding hydrogens is 180 g/mol. The molecule has 0 spiro atoms. The fourth-order valence-corrected chi connectivity index (χ4v) is 1.38. The van der Waals surface area contributed by atoms with Crippen LogP contribution < -0.4 is 5.73 Å². The molecule has 0 radical (unpaired) electrons. The van der Waals surface area contributed by atoms with E-state index in [1.807, 2.05) is 19.2 Å². The fraction of sp³-hybridized carbons (Fsp3) is 0.111. The van der Waals surface area contributed by atoms with Gasteiger partial charge in [-0.3, -0.25) is 4.68 Å². The molecule has 0 saturated heterocycles. The van der Waals surface area contributed by atoms with Gasteiger partial charge in [0.15, 0.2) is 5.84 Å². The molecule has 14 heavy (non-hydrogen) atoms. The summed E-state index contributed by atoms with van der Waals surface area (Å²) in [5.41, 5.74) is 7.17. The highest BCUT2D eigenvalue weighted by atomic mass is 16.4. The molecule has 1 aromatic heterocycles. The van der Waals surface area contributed by atoms with Gasteiger partial charge in [0.25, 0.3) is 0 Å². The number of hydrogen-bond acceptors (Lipinski definition) is 3. The summed E-state index contributed by atoms with van der Waals surface area (Å²) in [6.07, 6.45) is 1.74. The number of nitrogens with two attached hydrogens (primary N) is 1. The van der Waals surface area contributed by atoms with E-state index in [2.05, 4.69) is 10.3 Å². The van der Waals surface area contributed by atoms with E-state index < -0.39 is 0 Å². The van der Waals surface area contributed by atoms with Crippen LogP contribution in [-0.4, -0.2) is 20.8 Å². The first kappa shape index (κ1) is 8.55. The van der Waals surface area contributed by atoms with Crippen molar-refractivity contribution in [3.05, 3.63) is 30.0 Å². The van der Waals surface area contributed by atoms with E-state index in [0.717, 1.165) is 10.9 Å². The van der Waals surface area contributed by atoms with Gasteiger partial charge in [0.1, 0.15) is 0 Å². The average molecular weight is 190 g/mol. The molecule has 0 aliphatic carbocycles. The van der Waals surface area contributed by atoms with E-state index in [9.17, 15) is 0 Å². The maximum atomic E-state index is 8.51. The molecule has 72 valence electrons. The number of fused-ring (bicyclic) bond motifs is 1. The molecular formula is C9H10N4O. The molecule has 0 fully saturated rings. The second kappa shape index (κ2) is 3.02. The van der Waals surface area contributed by atoms with Crippen LogP contribution in [-0.2, 0) is 7.05 Å². The van der Waals surface area contributed by atoms with Crippen molar-refractivity contribution in [2.45, 2.75) is 0 Å². The molecule has 0 bridgehead atoms. The topological polar surface area (TPSA) is 76.4 Å². The number of amidine groups is 1. The van der Waals surface area contributed by atoms with Crippen LogP contribution in [0.1, 0.15) is 5.56 Å². The van der Waals surface area contributed by atoms with Crippen molar-refractivity contribution < 1.29 is 5.21 Å². The Labute approximate surface area is 80.4 Å². The van der Waals surface area contributed by atoms with E-state index >= 15 is 0 Å². The summed E-state index contributed by atoms with van der Waals surface area (Å²) in [5.74, 6) is 0.107. The van der Waals surface area contributed by atoms with E-state index in [4.69, 9.17) is 10.9 Å². The minimum absolute atomic E-state index is 0.107. The first-order valence-electron chi connectivity index (χ1n) is 4.12. The zero-order valence-corrected chi connectivity index (χ0v) is 7.68. The SMILES string of the molecule is Cn1ncc2cc(/C(N)=N/O)ccc21. The van der Waals surface area contributed by atoms with Gasteiger partial charge in [-0.15, -0.1) is 0 Å². The molecule has 2 aromatic rings. The predicted octanol–water partition coefficient (Wildman–Crippen LogP) is 0.668. The Balaban J connectivity index is 2.63. The van der Waals surface area contributed by atoms with Crippen molar-refractivity contribution in [3.8, 4) is 0 Å². The Kier molecular flexibility index (Phi) is 1.85. The number of benzene rings is 1. The van der Waals surface area contributed by atoms with E-state index in [-0.39, 0.29) is 5.84 Å². The molecule has 5 nitrogen and oxygen atoms in total. The zero-order chi connectivity index (χ0) is 10.1. The average Bonchev–Trinajstić information content (AvgIpc) is 2.59. The lowest BCUT2D eigenvalue weighted by molar-refractivity contribution is 0.318. The van der Waals surface area contributed by atoms with Crippen LogP contribution in [0.3, 0.4) is 0 Å². The monoisotopic (exact) mass is 190 g/mol. The summed E-state index contributed by atoms with van der Waals surface area (Å²) in [6.45, 7) is 0. The van der Waals surface area contributed by atoms with Crippen molar-refractivity contribution in [3.63, 3.8) is 0 Å². The summed E-state index contributed by atoms with van der Waals surface area (Å²) < 4.78 is 1.77. The molecule has 0 aliphatic heterocycles. The van der Waals surface area contributed by atoms with Crippen molar-refractivity contribution in [1.82, 2.24) is 9.78 Å². The van der Waals surface area contributed by atoms with Gasteiger partial charge in [-0.05, 0) is 18.2 Å². The van der Waals surface area contributed by atoms with Gasteiger partial charge < -0.3 is 10.9 Å². The molecule has 0 saturated carbocycles. The number of nitrogens with zero attached hydrogens (tertiary/aromatic N) is 3. The zero-order valence-electron chi connectivity index (χ0n) is 7.68. The molecule has 0 unspecified atom stereocenters. The minimum atomic E-state index is 0.107. The van der Waals surface area contributed by atoms with Crippen LogP contribution in [0.2, 0.25) is 0 Å². The van der Waals surface area contributed by atoms with Crippen molar-refractivity contribution in [2.75, 3.05) is 0 Å². The van der Waals surface area contributed by atoms with Gasteiger partial charge in [-0.25, -0.2) is 0 Å². The second-order valence-corrected chi connectivity index (χ2v) is 3.03. The highest BCUT2D eigenvalue weighted by Crippen LogP contribution is 2.14. The first-order chi connectivity index (χ1) is 6.72. The fourth-order valence-electron chi connectivity index (χ4n) is 1.38. The highest BCUT2D eigenvalue weighted by Gasteiger charge is 2.03. The summed E-state index contributed by atoms with van der Waals surface area (Å²) in [7, 11) is 1.87. The first-order valence-corrected chi connectivity index (χ1v) is 4.12. The number of hydrogen-bond donors (Lipinski definition) is 2. The van der Waals surface area contributed by atoms with Gasteiger partial charge >= 0.3 is 0 Å². The smallest absolute Gasteiger partial charge is 0.170 e. The summed E-state index contributed by atoms with van der Waals surface area (Å²) in [5, 5.41) is 16.5. The number of aromatic nitrogens is 2. The largest absolute Gasteiger partial charge is 0.409 e. The van der Waals surface area contributed by atoms with Crippen LogP contribution in [0, 0.1) is 0 Å². The molecule has 2 rings (SSSR count). The Hall–Kier alpha value is -2.04. The molecule has 3 N–H and O–H groups in total.